The van der Waals surface area contributed by atoms with E-state index in [-0.39, 0.29) is 5.56 Å². The Morgan fingerprint density at radius 1 is 1.33 bits per heavy atom. The third-order valence-electron chi connectivity index (χ3n) is 2.06. The van der Waals surface area contributed by atoms with Crippen molar-refractivity contribution in [3.8, 4) is 0 Å². The summed E-state index contributed by atoms with van der Waals surface area (Å²) in [6, 6.07) is 9.38. The number of rotatable bonds is 2. The molecule has 0 saturated carbocycles. The lowest BCUT2D eigenvalue weighted by Gasteiger charge is -2.02. The van der Waals surface area contributed by atoms with Crippen LogP contribution in [0, 0.1) is 3.57 Å². The number of hydrogen-bond acceptors (Lipinski definition) is 2. The highest BCUT2D eigenvalue weighted by Crippen LogP contribution is 2.07. The minimum Gasteiger partial charge on any atom is -0.384 e. The first kappa shape index (κ1) is 10.3. The number of nitrogens with one attached hydrogen (secondary N) is 1. The molecule has 3 N–H and O–H groups in total. The van der Waals surface area contributed by atoms with Crippen LogP contribution in [0.15, 0.2) is 35.1 Å². The van der Waals surface area contributed by atoms with Crippen LogP contribution in [-0.2, 0) is 6.54 Å². The van der Waals surface area contributed by atoms with Gasteiger partial charge >= 0.3 is 0 Å². The molecule has 1 aromatic carbocycles. The molecular weight excluding hydrogens is 305 g/mol. The first-order valence-corrected chi connectivity index (χ1v) is 5.53. The van der Waals surface area contributed by atoms with Gasteiger partial charge < -0.3 is 5.73 Å². The molecule has 1 heterocycles. The lowest BCUT2D eigenvalue weighted by molar-refractivity contribution is 0.666. The molecule has 0 amide bonds. The fourth-order valence-electron chi connectivity index (χ4n) is 1.34. The summed E-state index contributed by atoms with van der Waals surface area (Å²) in [5, 5.41) is 2.79. The molecular formula is C10H10IN3O. The van der Waals surface area contributed by atoms with Gasteiger partial charge in [-0.05, 0) is 40.3 Å². The molecule has 2 rings (SSSR count). The van der Waals surface area contributed by atoms with E-state index in [2.05, 4.69) is 27.7 Å². The van der Waals surface area contributed by atoms with Crippen LogP contribution in [-0.4, -0.2) is 9.78 Å². The highest BCUT2D eigenvalue weighted by molar-refractivity contribution is 14.1. The van der Waals surface area contributed by atoms with Crippen LogP contribution in [0.2, 0.25) is 0 Å². The van der Waals surface area contributed by atoms with Gasteiger partial charge in [0.25, 0.3) is 5.56 Å². The molecule has 5 heteroatoms. The normalized spacial score (nSPS) is 10.5. The fraction of sp³-hybridized carbons (Fsp3) is 0.100. The molecule has 0 unspecified atom stereocenters. The van der Waals surface area contributed by atoms with E-state index in [0.29, 0.717) is 12.4 Å². The lowest BCUT2D eigenvalue weighted by atomic mass is 10.2. The second-order valence-electron chi connectivity index (χ2n) is 3.26. The van der Waals surface area contributed by atoms with Gasteiger partial charge in [-0.3, -0.25) is 9.89 Å². The highest BCUT2D eigenvalue weighted by Gasteiger charge is 2.00. The van der Waals surface area contributed by atoms with Crippen LogP contribution in [0.1, 0.15) is 5.56 Å². The van der Waals surface area contributed by atoms with E-state index in [0.717, 1.165) is 5.56 Å². The molecule has 0 radical (unpaired) electrons. The van der Waals surface area contributed by atoms with Gasteiger partial charge in [0.1, 0.15) is 5.82 Å². The molecule has 1 aromatic heterocycles. The second-order valence-corrected chi connectivity index (χ2v) is 4.51. The minimum atomic E-state index is -0.106. The number of halogens is 1. The number of anilines is 1. The molecule has 0 atom stereocenters. The van der Waals surface area contributed by atoms with Crippen molar-refractivity contribution in [2.75, 3.05) is 5.73 Å². The Bertz CT molecular complexity index is 512. The smallest absolute Gasteiger partial charge is 0.268 e. The number of benzene rings is 1. The first-order valence-electron chi connectivity index (χ1n) is 4.45. The second kappa shape index (κ2) is 4.09. The summed E-state index contributed by atoms with van der Waals surface area (Å²) in [7, 11) is 0. The number of aromatic nitrogens is 2. The van der Waals surface area contributed by atoms with Crippen LogP contribution < -0.4 is 11.3 Å². The van der Waals surface area contributed by atoms with Crippen LogP contribution in [0.3, 0.4) is 0 Å². The topological polar surface area (TPSA) is 63.8 Å². The number of hydrogen-bond donors (Lipinski definition) is 2. The van der Waals surface area contributed by atoms with Gasteiger partial charge in [-0.2, -0.15) is 0 Å². The molecule has 15 heavy (non-hydrogen) atoms. The largest absolute Gasteiger partial charge is 0.384 e. The van der Waals surface area contributed by atoms with Gasteiger partial charge in [-0.15, -0.1) is 0 Å². The van der Waals surface area contributed by atoms with Gasteiger partial charge in [-0.1, -0.05) is 12.1 Å². The van der Waals surface area contributed by atoms with Crippen molar-refractivity contribution >= 4 is 28.4 Å². The van der Waals surface area contributed by atoms with Crippen molar-refractivity contribution in [3.05, 3.63) is 49.8 Å². The third kappa shape index (κ3) is 2.41. The molecule has 0 aliphatic heterocycles. The standard InChI is InChI=1S/C10H10IN3O/c11-8-3-1-7(2-4-8)6-14-10(15)5-9(12)13-14/h1-5,13H,6,12H2. The number of nitrogens with two attached hydrogens (primary N) is 1. The van der Waals surface area contributed by atoms with Crippen LogP contribution in [0.25, 0.3) is 0 Å². The molecule has 0 aliphatic rings. The third-order valence-corrected chi connectivity index (χ3v) is 2.78. The Labute approximate surface area is 100 Å². The van der Waals surface area contributed by atoms with Gasteiger partial charge in [0.15, 0.2) is 0 Å². The van der Waals surface area contributed by atoms with Crippen molar-refractivity contribution in [3.63, 3.8) is 0 Å². The summed E-state index contributed by atoms with van der Waals surface area (Å²) in [5.74, 6) is 0.394. The van der Waals surface area contributed by atoms with E-state index < -0.39 is 0 Å². The summed E-state index contributed by atoms with van der Waals surface area (Å²) in [5.41, 5.74) is 6.44. The zero-order valence-corrected chi connectivity index (χ0v) is 10.1. The zero-order valence-electron chi connectivity index (χ0n) is 7.90. The van der Waals surface area contributed by atoms with E-state index in [9.17, 15) is 4.79 Å². The van der Waals surface area contributed by atoms with Crippen LogP contribution in [0.4, 0.5) is 5.82 Å². The molecule has 4 nitrogen and oxygen atoms in total. The molecule has 78 valence electrons. The summed E-state index contributed by atoms with van der Waals surface area (Å²) in [4.78, 5) is 11.4. The van der Waals surface area contributed by atoms with E-state index >= 15 is 0 Å². The van der Waals surface area contributed by atoms with E-state index in [1.165, 1.54) is 14.3 Å². The zero-order chi connectivity index (χ0) is 10.8. The summed E-state index contributed by atoms with van der Waals surface area (Å²) in [6.45, 7) is 0.521. The highest BCUT2D eigenvalue weighted by atomic mass is 127. The van der Waals surface area contributed by atoms with Crippen molar-refractivity contribution < 1.29 is 0 Å². The first-order chi connectivity index (χ1) is 7.15. The molecule has 0 aliphatic carbocycles. The number of aromatic amines is 1. The van der Waals surface area contributed by atoms with E-state index in [4.69, 9.17) is 5.73 Å². The quantitative estimate of drug-likeness (QED) is 0.823. The molecule has 0 spiro atoms. The number of H-pyrrole nitrogens is 1. The van der Waals surface area contributed by atoms with Crippen molar-refractivity contribution in [1.29, 1.82) is 0 Å². The Morgan fingerprint density at radius 3 is 2.53 bits per heavy atom. The van der Waals surface area contributed by atoms with E-state index in [1.807, 2.05) is 24.3 Å². The average Bonchev–Trinajstić information content (AvgIpc) is 2.49. The van der Waals surface area contributed by atoms with Gasteiger partial charge in [0.05, 0.1) is 6.54 Å². The monoisotopic (exact) mass is 315 g/mol. The predicted octanol–water partition coefficient (Wildman–Crippen LogP) is 1.41. The van der Waals surface area contributed by atoms with Gasteiger partial charge in [0.2, 0.25) is 0 Å². The lowest BCUT2D eigenvalue weighted by Crippen LogP contribution is -2.16. The molecule has 2 aromatic rings. The molecule has 0 bridgehead atoms. The molecule has 0 saturated heterocycles. The maximum Gasteiger partial charge on any atom is 0.268 e. The summed E-state index contributed by atoms with van der Waals surface area (Å²) >= 11 is 2.24. The van der Waals surface area contributed by atoms with Crippen molar-refractivity contribution in [1.82, 2.24) is 9.78 Å². The Balaban J connectivity index is 2.25. The Kier molecular flexibility index (Phi) is 2.81. The van der Waals surface area contributed by atoms with E-state index in [1.54, 1.807) is 0 Å². The maximum absolute atomic E-state index is 11.4. The summed E-state index contributed by atoms with van der Waals surface area (Å²) < 4.78 is 2.66. The molecule has 0 fully saturated rings. The number of nitrogens with zero attached hydrogens (tertiary/aromatic N) is 1. The van der Waals surface area contributed by atoms with Crippen molar-refractivity contribution in [2.45, 2.75) is 6.54 Å². The Morgan fingerprint density at radius 2 is 2.00 bits per heavy atom. The maximum atomic E-state index is 11.4. The predicted molar refractivity (Wildman–Crippen MR) is 67.7 cm³/mol. The minimum absolute atomic E-state index is 0.106. The van der Waals surface area contributed by atoms with Crippen molar-refractivity contribution in [2.24, 2.45) is 0 Å². The van der Waals surface area contributed by atoms with Crippen LogP contribution in [0.5, 0.6) is 0 Å². The van der Waals surface area contributed by atoms with Crippen LogP contribution >= 0.6 is 22.6 Å². The average molecular weight is 315 g/mol. The SMILES string of the molecule is Nc1cc(=O)n(Cc2ccc(I)cc2)[nH]1. The van der Waals surface area contributed by atoms with Gasteiger partial charge in [-0.25, -0.2) is 4.68 Å². The number of nitrogen functional groups attached to an aromatic ring is 1. The van der Waals surface area contributed by atoms with Gasteiger partial charge in [0, 0.05) is 9.64 Å². The Hall–Kier alpha value is -1.24. The summed E-state index contributed by atoms with van der Waals surface area (Å²) in [6.07, 6.45) is 0. The fourth-order valence-corrected chi connectivity index (χ4v) is 1.70.